The second-order valence-electron chi connectivity index (χ2n) is 3.63. The molecule has 17 heavy (non-hydrogen) atoms. The van der Waals surface area contributed by atoms with E-state index in [-0.39, 0.29) is 5.56 Å². The number of hydrogen-bond donors (Lipinski definition) is 4. The van der Waals surface area contributed by atoms with Gasteiger partial charge in [-0.15, -0.1) is 0 Å². The van der Waals surface area contributed by atoms with Crippen LogP contribution in [0.15, 0.2) is 24.3 Å². The van der Waals surface area contributed by atoms with Crippen LogP contribution in [-0.2, 0) is 15.2 Å². The van der Waals surface area contributed by atoms with E-state index < -0.39 is 23.6 Å². The minimum absolute atomic E-state index is 0.151. The summed E-state index contributed by atoms with van der Waals surface area (Å²) in [5.74, 6) is -3.63. The lowest BCUT2D eigenvalue weighted by Gasteiger charge is -2.27. The van der Waals surface area contributed by atoms with Gasteiger partial charge in [0.05, 0.1) is 0 Å². The summed E-state index contributed by atoms with van der Waals surface area (Å²) < 4.78 is 0. The summed E-state index contributed by atoms with van der Waals surface area (Å²) in [4.78, 5) is 21.7. The SMILES string of the molecule is Cc1ccccc1C(O)(C(=O)O)C(O)C(=O)O. The average molecular weight is 240 g/mol. The molecule has 2 atom stereocenters. The first kappa shape index (κ1) is 13.1. The Hall–Kier alpha value is -1.92. The van der Waals surface area contributed by atoms with Crippen molar-refractivity contribution in [2.45, 2.75) is 18.6 Å². The Balaban J connectivity index is 3.41. The van der Waals surface area contributed by atoms with Gasteiger partial charge >= 0.3 is 11.9 Å². The van der Waals surface area contributed by atoms with E-state index in [2.05, 4.69) is 0 Å². The monoisotopic (exact) mass is 240 g/mol. The summed E-state index contributed by atoms with van der Waals surface area (Å²) in [6.07, 6.45) is -2.44. The van der Waals surface area contributed by atoms with Gasteiger partial charge in [-0.1, -0.05) is 24.3 Å². The number of carboxylic acid groups (broad SMARTS) is 2. The van der Waals surface area contributed by atoms with Crippen LogP contribution in [0.5, 0.6) is 0 Å². The van der Waals surface area contributed by atoms with Gasteiger partial charge in [-0.05, 0) is 12.5 Å². The molecule has 1 aromatic rings. The second kappa shape index (κ2) is 4.52. The van der Waals surface area contributed by atoms with Crippen molar-refractivity contribution in [2.75, 3.05) is 0 Å². The molecule has 92 valence electrons. The molecule has 0 saturated carbocycles. The highest BCUT2D eigenvalue weighted by molar-refractivity contribution is 5.88. The van der Waals surface area contributed by atoms with E-state index in [9.17, 15) is 19.8 Å². The van der Waals surface area contributed by atoms with Crippen LogP contribution >= 0.6 is 0 Å². The number of aliphatic hydroxyl groups excluding tert-OH is 1. The molecule has 0 heterocycles. The van der Waals surface area contributed by atoms with E-state index >= 15 is 0 Å². The van der Waals surface area contributed by atoms with E-state index in [1.54, 1.807) is 6.07 Å². The van der Waals surface area contributed by atoms with Crippen molar-refractivity contribution in [1.29, 1.82) is 0 Å². The number of hydrogen-bond acceptors (Lipinski definition) is 4. The fourth-order valence-electron chi connectivity index (χ4n) is 1.56. The normalized spacial score (nSPS) is 15.9. The maximum atomic E-state index is 11.0. The van der Waals surface area contributed by atoms with E-state index in [1.807, 2.05) is 0 Å². The van der Waals surface area contributed by atoms with Crippen LogP contribution in [0.2, 0.25) is 0 Å². The molecule has 0 aliphatic heterocycles. The topological polar surface area (TPSA) is 115 Å². The van der Waals surface area contributed by atoms with Gasteiger partial charge in [0.15, 0.2) is 6.10 Å². The maximum absolute atomic E-state index is 11.0. The fraction of sp³-hybridized carbons (Fsp3) is 0.273. The standard InChI is InChI=1S/C11H12O6/c1-6-4-2-3-5-7(6)11(17,10(15)16)8(12)9(13)14/h2-5,8,12,17H,1H3,(H,13,14)(H,15,16). The fourth-order valence-corrected chi connectivity index (χ4v) is 1.56. The molecular formula is C11H12O6. The van der Waals surface area contributed by atoms with Crippen LogP contribution in [0, 0.1) is 6.92 Å². The lowest BCUT2D eigenvalue weighted by atomic mass is 9.85. The Morgan fingerprint density at radius 3 is 2.18 bits per heavy atom. The largest absolute Gasteiger partial charge is 0.479 e. The highest BCUT2D eigenvalue weighted by Crippen LogP contribution is 2.28. The van der Waals surface area contributed by atoms with E-state index in [0.717, 1.165) is 0 Å². The second-order valence-corrected chi connectivity index (χ2v) is 3.63. The molecule has 0 aliphatic rings. The minimum Gasteiger partial charge on any atom is -0.479 e. The van der Waals surface area contributed by atoms with Crippen molar-refractivity contribution in [3.8, 4) is 0 Å². The van der Waals surface area contributed by atoms with Crippen LogP contribution in [0.1, 0.15) is 11.1 Å². The van der Waals surface area contributed by atoms with Crippen molar-refractivity contribution in [1.82, 2.24) is 0 Å². The van der Waals surface area contributed by atoms with Crippen molar-refractivity contribution < 1.29 is 30.0 Å². The number of benzene rings is 1. The molecule has 0 fully saturated rings. The summed E-state index contributed by atoms with van der Waals surface area (Å²) in [7, 11) is 0. The quantitative estimate of drug-likeness (QED) is 0.575. The molecule has 1 rings (SSSR count). The molecule has 2 unspecified atom stereocenters. The molecule has 0 spiro atoms. The first-order valence-electron chi connectivity index (χ1n) is 4.74. The molecule has 0 aromatic heterocycles. The van der Waals surface area contributed by atoms with Crippen molar-refractivity contribution in [3.63, 3.8) is 0 Å². The predicted molar refractivity (Wildman–Crippen MR) is 56.4 cm³/mol. The van der Waals surface area contributed by atoms with E-state index in [4.69, 9.17) is 10.2 Å². The van der Waals surface area contributed by atoms with Gasteiger partial charge < -0.3 is 20.4 Å². The molecule has 0 amide bonds. The Morgan fingerprint density at radius 1 is 1.24 bits per heavy atom. The zero-order valence-corrected chi connectivity index (χ0v) is 8.99. The first-order valence-corrected chi connectivity index (χ1v) is 4.74. The predicted octanol–water partition coefficient (Wildman–Crippen LogP) is -0.287. The molecule has 6 nitrogen and oxygen atoms in total. The number of carbonyl (C=O) groups is 2. The summed E-state index contributed by atoms with van der Waals surface area (Å²) in [5, 5.41) is 36.9. The number of aryl methyl sites for hydroxylation is 1. The number of aliphatic hydroxyl groups is 2. The summed E-state index contributed by atoms with van der Waals surface area (Å²) in [6, 6.07) is 5.83. The van der Waals surface area contributed by atoms with E-state index in [0.29, 0.717) is 5.56 Å². The Kier molecular flexibility index (Phi) is 3.50. The molecule has 1 aromatic carbocycles. The van der Waals surface area contributed by atoms with Crippen molar-refractivity contribution >= 4 is 11.9 Å². The molecule has 0 radical (unpaired) electrons. The molecular weight excluding hydrogens is 228 g/mol. The average Bonchev–Trinajstić information content (AvgIpc) is 2.27. The van der Waals surface area contributed by atoms with Crippen molar-refractivity contribution in [3.05, 3.63) is 35.4 Å². The van der Waals surface area contributed by atoms with Crippen LogP contribution < -0.4 is 0 Å². The van der Waals surface area contributed by atoms with Crippen molar-refractivity contribution in [2.24, 2.45) is 0 Å². The smallest absolute Gasteiger partial charge is 0.343 e. The third-order valence-corrected chi connectivity index (χ3v) is 2.51. The molecule has 6 heteroatoms. The highest BCUT2D eigenvalue weighted by atomic mass is 16.4. The molecule has 0 aliphatic carbocycles. The zero-order chi connectivity index (χ0) is 13.2. The summed E-state index contributed by atoms with van der Waals surface area (Å²) in [5.41, 5.74) is -2.64. The van der Waals surface area contributed by atoms with Gasteiger partial charge in [0, 0.05) is 5.56 Å². The van der Waals surface area contributed by atoms with Gasteiger partial charge in [0.25, 0.3) is 0 Å². The highest BCUT2D eigenvalue weighted by Gasteiger charge is 2.50. The Morgan fingerprint density at radius 2 is 1.76 bits per heavy atom. The Bertz CT molecular complexity index is 455. The van der Waals surface area contributed by atoms with E-state index in [1.165, 1.54) is 25.1 Å². The van der Waals surface area contributed by atoms with Gasteiger partial charge in [0.1, 0.15) is 0 Å². The summed E-state index contributed by atoms with van der Waals surface area (Å²) >= 11 is 0. The minimum atomic E-state index is -2.86. The van der Waals surface area contributed by atoms with Crippen LogP contribution in [0.3, 0.4) is 0 Å². The molecule has 4 N–H and O–H groups in total. The van der Waals surface area contributed by atoms with Crippen LogP contribution in [0.4, 0.5) is 0 Å². The number of aliphatic carboxylic acids is 2. The third kappa shape index (κ3) is 2.13. The molecule has 0 bridgehead atoms. The van der Waals surface area contributed by atoms with Gasteiger partial charge in [0.2, 0.25) is 5.60 Å². The van der Waals surface area contributed by atoms with Gasteiger partial charge in [-0.3, -0.25) is 0 Å². The van der Waals surface area contributed by atoms with Gasteiger partial charge in [-0.2, -0.15) is 0 Å². The van der Waals surface area contributed by atoms with Gasteiger partial charge in [-0.25, -0.2) is 9.59 Å². The van der Waals surface area contributed by atoms with Crippen LogP contribution in [0.25, 0.3) is 0 Å². The number of carboxylic acids is 2. The lowest BCUT2D eigenvalue weighted by Crippen LogP contribution is -2.51. The maximum Gasteiger partial charge on any atom is 0.343 e. The van der Waals surface area contributed by atoms with Crippen LogP contribution in [-0.4, -0.2) is 38.5 Å². The first-order chi connectivity index (χ1) is 7.81. The molecule has 0 saturated heterocycles. The third-order valence-electron chi connectivity index (χ3n) is 2.51. The Labute approximate surface area is 96.8 Å². The number of rotatable bonds is 4. The lowest BCUT2D eigenvalue weighted by molar-refractivity contribution is -0.185. The zero-order valence-electron chi connectivity index (χ0n) is 8.99. The summed E-state index contributed by atoms with van der Waals surface area (Å²) in [6.45, 7) is 1.51.